The summed E-state index contributed by atoms with van der Waals surface area (Å²) in [6.07, 6.45) is 2.00. The number of ether oxygens (including phenoxy) is 1. The van der Waals surface area contributed by atoms with Gasteiger partial charge in [-0.05, 0) is 18.6 Å². The molecule has 0 aromatic heterocycles. The summed E-state index contributed by atoms with van der Waals surface area (Å²) in [7, 11) is 1.65. The molecule has 0 amide bonds. The first kappa shape index (κ1) is 15.9. The Morgan fingerprint density at radius 1 is 1.53 bits per heavy atom. The van der Waals surface area contributed by atoms with Gasteiger partial charge >= 0.3 is 0 Å². The van der Waals surface area contributed by atoms with Crippen LogP contribution in [0.15, 0.2) is 18.2 Å². The highest BCUT2D eigenvalue weighted by Gasteiger charge is 2.15. The summed E-state index contributed by atoms with van der Waals surface area (Å²) in [5.41, 5.74) is 0.680. The molecule has 0 saturated carbocycles. The van der Waals surface area contributed by atoms with E-state index in [4.69, 9.17) is 16.3 Å². The Kier molecular flexibility index (Phi) is 6.77. The summed E-state index contributed by atoms with van der Waals surface area (Å²) in [5, 5.41) is 14.6. The van der Waals surface area contributed by atoms with E-state index in [1.54, 1.807) is 19.2 Å². The molecule has 0 spiro atoms. The first-order chi connectivity index (χ1) is 9.08. The molecule has 0 heterocycles. The third-order valence-electron chi connectivity index (χ3n) is 2.83. The van der Waals surface area contributed by atoms with Crippen LogP contribution in [0.5, 0.6) is 0 Å². The molecule has 0 aliphatic rings. The van der Waals surface area contributed by atoms with Gasteiger partial charge in [0.1, 0.15) is 0 Å². The van der Waals surface area contributed by atoms with Crippen LogP contribution in [-0.2, 0) is 11.3 Å². The Labute approximate surface area is 118 Å². The molecule has 1 atom stereocenters. The van der Waals surface area contributed by atoms with Gasteiger partial charge in [-0.25, -0.2) is 0 Å². The minimum atomic E-state index is -0.409. The van der Waals surface area contributed by atoms with Crippen molar-refractivity contribution in [1.29, 1.82) is 0 Å². The monoisotopic (exact) mass is 286 g/mol. The van der Waals surface area contributed by atoms with E-state index in [0.29, 0.717) is 23.7 Å². The molecule has 0 saturated heterocycles. The Hall–Kier alpha value is -1.17. The fraction of sp³-hybridized carbons (Fsp3) is 0.538. The third kappa shape index (κ3) is 5.14. The molecule has 5 nitrogen and oxygen atoms in total. The second-order valence-electron chi connectivity index (χ2n) is 4.35. The van der Waals surface area contributed by atoms with Gasteiger partial charge in [0.15, 0.2) is 0 Å². The summed E-state index contributed by atoms with van der Waals surface area (Å²) < 4.78 is 5.12. The fourth-order valence-electron chi connectivity index (χ4n) is 1.90. The predicted octanol–water partition coefficient (Wildman–Crippen LogP) is 3.15. The van der Waals surface area contributed by atoms with Crippen LogP contribution < -0.4 is 5.32 Å². The molecule has 0 bridgehead atoms. The second kappa shape index (κ2) is 8.09. The molecule has 0 fully saturated rings. The van der Waals surface area contributed by atoms with Crippen LogP contribution >= 0.6 is 11.6 Å². The second-order valence-corrected chi connectivity index (χ2v) is 4.79. The van der Waals surface area contributed by atoms with E-state index in [9.17, 15) is 10.1 Å². The normalized spacial score (nSPS) is 12.4. The van der Waals surface area contributed by atoms with Crippen LogP contribution in [0.3, 0.4) is 0 Å². The summed E-state index contributed by atoms with van der Waals surface area (Å²) in [6, 6.07) is 4.93. The van der Waals surface area contributed by atoms with E-state index in [1.165, 1.54) is 6.07 Å². The number of rotatable bonds is 8. The predicted molar refractivity (Wildman–Crippen MR) is 75.5 cm³/mol. The topological polar surface area (TPSA) is 64.4 Å². The van der Waals surface area contributed by atoms with Gasteiger partial charge in [0.2, 0.25) is 0 Å². The minimum Gasteiger partial charge on any atom is -0.383 e. The number of methoxy groups -OCH3 is 1. The Morgan fingerprint density at radius 3 is 2.84 bits per heavy atom. The van der Waals surface area contributed by atoms with E-state index >= 15 is 0 Å². The summed E-state index contributed by atoms with van der Waals surface area (Å²) in [4.78, 5) is 10.6. The van der Waals surface area contributed by atoms with Crippen molar-refractivity contribution in [3.05, 3.63) is 38.9 Å². The maximum absolute atomic E-state index is 11.0. The molecule has 106 valence electrons. The van der Waals surface area contributed by atoms with Crippen molar-refractivity contribution in [2.45, 2.75) is 32.4 Å². The zero-order valence-corrected chi connectivity index (χ0v) is 11.9. The van der Waals surface area contributed by atoms with Crippen molar-refractivity contribution in [3.63, 3.8) is 0 Å². The van der Waals surface area contributed by atoms with Crippen molar-refractivity contribution >= 4 is 17.3 Å². The molecule has 19 heavy (non-hydrogen) atoms. The van der Waals surface area contributed by atoms with Gasteiger partial charge in [-0.15, -0.1) is 0 Å². The van der Waals surface area contributed by atoms with E-state index < -0.39 is 4.92 Å². The highest BCUT2D eigenvalue weighted by molar-refractivity contribution is 6.30. The number of hydrogen-bond donors (Lipinski definition) is 1. The zero-order chi connectivity index (χ0) is 14.3. The van der Waals surface area contributed by atoms with Crippen molar-refractivity contribution in [3.8, 4) is 0 Å². The quantitative estimate of drug-likeness (QED) is 0.589. The van der Waals surface area contributed by atoms with E-state index in [0.717, 1.165) is 12.8 Å². The number of nitro groups is 1. The lowest BCUT2D eigenvalue weighted by Crippen LogP contribution is -2.32. The van der Waals surface area contributed by atoms with Crippen LogP contribution in [0.1, 0.15) is 25.3 Å². The molecule has 0 aliphatic carbocycles. The minimum absolute atomic E-state index is 0.0488. The number of nitro benzene ring substituents is 1. The summed E-state index contributed by atoms with van der Waals surface area (Å²) >= 11 is 5.78. The maximum Gasteiger partial charge on any atom is 0.275 e. The van der Waals surface area contributed by atoms with Gasteiger partial charge in [-0.2, -0.15) is 0 Å². The van der Waals surface area contributed by atoms with Crippen LogP contribution in [-0.4, -0.2) is 24.7 Å². The van der Waals surface area contributed by atoms with Crippen LogP contribution in [0.4, 0.5) is 5.69 Å². The highest BCUT2D eigenvalue weighted by Crippen LogP contribution is 2.23. The van der Waals surface area contributed by atoms with Crippen LogP contribution in [0, 0.1) is 10.1 Å². The molecular formula is C13H19ClN2O3. The first-order valence-electron chi connectivity index (χ1n) is 6.23. The number of hydrogen-bond acceptors (Lipinski definition) is 4. The number of nitrogens with one attached hydrogen (secondary N) is 1. The Balaban J connectivity index is 2.73. The fourth-order valence-corrected chi connectivity index (χ4v) is 2.07. The molecule has 1 unspecified atom stereocenters. The lowest BCUT2D eigenvalue weighted by molar-refractivity contribution is -0.385. The van der Waals surface area contributed by atoms with Gasteiger partial charge in [0.05, 0.1) is 11.5 Å². The van der Waals surface area contributed by atoms with Crippen LogP contribution in [0.25, 0.3) is 0 Å². The SMILES string of the molecule is CCCC(COC)NCc1ccc(Cl)cc1[N+](=O)[O-]. The van der Waals surface area contributed by atoms with E-state index in [-0.39, 0.29) is 11.7 Å². The summed E-state index contributed by atoms with van der Waals surface area (Å²) in [6.45, 7) is 3.12. The molecule has 1 N–H and O–H groups in total. The van der Waals surface area contributed by atoms with Gasteiger partial charge in [-0.3, -0.25) is 10.1 Å². The largest absolute Gasteiger partial charge is 0.383 e. The number of halogens is 1. The van der Waals surface area contributed by atoms with Crippen molar-refractivity contribution in [2.24, 2.45) is 0 Å². The molecule has 0 radical (unpaired) electrons. The van der Waals surface area contributed by atoms with Gasteiger partial charge in [-0.1, -0.05) is 24.9 Å². The van der Waals surface area contributed by atoms with E-state index in [1.807, 2.05) is 0 Å². The molecule has 1 rings (SSSR count). The van der Waals surface area contributed by atoms with Crippen molar-refractivity contribution < 1.29 is 9.66 Å². The molecular weight excluding hydrogens is 268 g/mol. The third-order valence-corrected chi connectivity index (χ3v) is 3.07. The maximum atomic E-state index is 11.0. The van der Waals surface area contributed by atoms with E-state index in [2.05, 4.69) is 12.2 Å². The standard InChI is InChI=1S/C13H19ClN2O3/c1-3-4-12(9-19-2)15-8-10-5-6-11(14)7-13(10)16(17)18/h5-7,12,15H,3-4,8-9H2,1-2H3. The summed E-state index contributed by atoms with van der Waals surface area (Å²) in [5.74, 6) is 0. The average Bonchev–Trinajstić information content (AvgIpc) is 2.37. The molecule has 1 aromatic rings. The molecule has 1 aromatic carbocycles. The average molecular weight is 287 g/mol. The smallest absolute Gasteiger partial charge is 0.275 e. The highest BCUT2D eigenvalue weighted by atomic mass is 35.5. The van der Waals surface area contributed by atoms with Crippen LogP contribution in [0.2, 0.25) is 5.02 Å². The Bertz CT molecular complexity index is 420. The molecule has 0 aliphatic heterocycles. The van der Waals surface area contributed by atoms with Gasteiger partial charge < -0.3 is 10.1 Å². The lowest BCUT2D eigenvalue weighted by Gasteiger charge is -2.17. The van der Waals surface area contributed by atoms with Gasteiger partial charge in [0, 0.05) is 36.3 Å². The zero-order valence-electron chi connectivity index (χ0n) is 11.2. The number of nitrogens with zero attached hydrogens (tertiary/aromatic N) is 1. The lowest BCUT2D eigenvalue weighted by atomic mass is 10.1. The Morgan fingerprint density at radius 2 is 2.26 bits per heavy atom. The number of benzene rings is 1. The van der Waals surface area contributed by atoms with Gasteiger partial charge in [0.25, 0.3) is 5.69 Å². The van der Waals surface area contributed by atoms with Crippen molar-refractivity contribution in [1.82, 2.24) is 5.32 Å². The van der Waals surface area contributed by atoms with Crippen molar-refractivity contribution in [2.75, 3.05) is 13.7 Å². The first-order valence-corrected chi connectivity index (χ1v) is 6.61. The molecule has 6 heteroatoms.